The largest absolute Gasteiger partial charge is 0.486 e. The van der Waals surface area contributed by atoms with E-state index in [4.69, 9.17) is 9.47 Å². The number of carbonyl (C=O) groups excluding carboxylic acids is 1. The molecule has 170 valence electrons. The third-order valence-electron chi connectivity index (χ3n) is 4.94. The summed E-state index contributed by atoms with van der Waals surface area (Å²) >= 11 is 1.29. The Morgan fingerprint density at radius 3 is 2.50 bits per heavy atom. The van der Waals surface area contributed by atoms with Gasteiger partial charge >= 0.3 is 6.18 Å². The van der Waals surface area contributed by atoms with E-state index in [9.17, 15) is 18.0 Å². The van der Waals surface area contributed by atoms with Gasteiger partial charge in [-0.1, -0.05) is 17.4 Å². The van der Waals surface area contributed by atoms with Crippen molar-refractivity contribution in [2.24, 2.45) is 0 Å². The highest BCUT2D eigenvalue weighted by Gasteiger charge is 2.32. The number of hydrogen-bond acceptors (Lipinski definition) is 6. The van der Waals surface area contributed by atoms with Gasteiger partial charge in [-0.25, -0.2) is 4.98 Å². The number of anilines is 1. The molecule has 10 heteroatoms. The second-order valence-corrected chi connectivity index (χ2v) is 8.66. The SMILES string of the molecule is CN(C)CCCN(C(=O)c1cccc(C(F)(F)F)c1)c1nc2cc3c(cc2s1)OCCO3. The molecule has 0 aliphatic carbocycles. The molecule has 1 amide bonds. The minimum absolute atomic E-state index is 0.0325. The van der Waals surface area contributed by atoms with E-state index >= 15 is 0 Å². The summed E-state index contributed by atoms with van der Waals surface area (Å²) in [6.45, 7) is 1.93. The molecule has 0 radical (unpaired) electrons. The molecule has 1 aliphatic heterocycles. The first-order valence-corrected chi connectivity index (χ1v) is 10.9. The van der Waals surface area contributed by atoms with Crippen LogP contribution in [-0.2, 0) is 6.18 Å². The highest BCUT2D eigenvalue weighted by molar-refractivity contribution is 7.22. The van der Waals surface area contributed by atoms with Crippen LogP contribution in [0.1, 0.15) is 22.3 Å². The van der Waals surface area contributed by atoms with E-state index in [1.807, 2.05) is 25.1 Å². The van der Waals surface area contributed by atoms with Gasteiger partial charge in [0.05, 0.1) is 15.8 Å². The number of thiazole rings is 1. The Morgan fingerprint density at radius 2 is 1.81 bits per heavy atom. The maximum absolute atomic E-state index is 13.3. The van der Waals surface area contributed by atoms with Crippen LogP contribution >= 0.6 is 11.3 Å². The van der Waals surface area contributed by atoms with E-state index in [1.165, 1.54) is 28.4 Å². The molecular formula is C22H22F3N3O3S. The second-order valence-electron chi connectivity index (χ2n) is 7.65. The lowest BCUT2D eigenvalue weighted by Crippen LogP contribution is -2.33. The van der Waals surface area contributed by atoms with Crippen LogP contribution in [-0.4, -0.2) is 56.2 Å². The Bertz CT molecular complexity index is 1090. The van der Waals surface area contributed by atoms with E-state index in [1.54, 1.807) is 6.07 Å². The quantitative estimate of drug-likeness (QED) is 0.529. The number of hydrogen-bond donors (Lipinski definition) is 0. The van der Waals surface area contributed by atoms with Crippen LogP contribution in [0.5, 0.6) is 11.5 Å². The summed E-state index contributed by atoms with van der Waals surface area (Å²) in [5.74, 6) is 0.678. The number of halogens is 3. The van der Waals surface area contributed by atoms with Gasteiger partial charge in [0.25, 0.3) is 5.91 Å². The summed E-state index contributed by atoms with van der Waals surface area (Å²) in [4.78, 5) is 21.3. The van der Waals surface area contributed by atoms with Crippen LogP contribution in [0.2, 0.25) is 0 Å². The van der Waals surface area contributed by atoms with Crippen molar-refractivity contribution >= 4 is 32.6 Å². The average Bonchev–Trinajstić information content (AvgIpc) is 3.16. The van der Waals surface area contributed by atoms with E-state index in [2.05, 4.69) is 4.98 Å². The fraction of sp³-hybridized carbons (Fsp3) is 0.364. The first kappa shape index (κ1) is 22.3. The highest BCUT2D eigenvalue weighted by Crippen LogP contribution is 2.39. The number of carbonyl (C=O) groups is 1. The summed E-state index contributed by atoms with van der Waals surface area (Å²) in [5.41, 5.74) is -0.249. The number of fused-ring (bicyclic) bond motifs is 2. The van der Waals surface area contributed by atoms with Gasteiger partial charge in [0.15, 0.2) is 16.6 Å². The van der Waals surface area contributed by atoms with E-state index in [-0.39, 0.29) is 5.56 Å². The molecule has 0 saturated heterocycles. The van der Waals surface area contributed by atoms with E-state index in [0.717, 1.165) is 16.8 Å². The molecule has 6 nitrogen and oxygen atoms in total. The molecule has 0 bridgehead atoms. The minimum atomic E-state index is -4.53. The van der Waals surface area contributed by atoms with Gasteiger partial charge in [0, 0.05) is 24.2 Å². The summed E-state index contributed by atoms with van der Waals surface area (Å²) in [5, 5.41) is 0.420. The molecule has 32 heavy (non-hydrogen) atoms. The van der Waals surface area contributed by atoms with Gasteiger partial charge in [-0.2, -0.15) is 13.2 Å². The van der Waals surface area contributed by atoms with Crippen molar-refractivity contribution in [3.8, 4) is 11.5 Å². The van der Waals surface area contributed by atoms with Crippen LogP contribution in [0.3, 0.4) is 0 Å². The van der Waals surface area contributed by atoms with Gasteiger partial charge in [0.2, 0.25) is 0 Å². The van der Waals surface area contributed by atoms with E-state index in [0.29, 0.717) is 54.9 Å². The zero-order chi connectivity index (χ0) is 22.9. The Morgan fingerprint density at radius 1 is 1.09 bits per heavy atom. The minimum Gasteiger partial charge on any atom is -0.486 e. The van der Waals surface area contributed by atoms with Crippen LogP contribution in [0.4, 0.5) is 18.3 Å². The third kappa shape index (κ3) is 4.81. The lowest BCUT2D eigenvalue weighted by Gasteiger charge is -2.21. The first-order chi connectivity index (χ1) is 15.2. The van der Waals surface area contributed by atoms with Crippen molar-refractivity contribution in [1.82, 2.24) is 9.88 Å². The van der Waals surface area contributed by atoms with Crippen molar-refractivity contribution in [3.63, 3.8) is 0 Å². The Balaban J connectivity index is 1.69. The molecule has 0 unspecified atom stereocenters. The van der Waals surface area contributed by atoms with Gasteiger partial charge in [-0.3, -0.25) is 9.69 Å². The molecule has 2 heterocycles. The Kier molecular flexibility index (Phi) is 6.25. The smallest absolute Gasteiger partial charge is 0.416 e. The molecule has 0 N–H and O–H groups in total. The molecule has 0 atom stereocenters. The fourth-order valence-electron chi connectivity index (χ4n) is 3.38. The summed E-state index contributed by atoms with van der Waals surface area (Å²) in [6, 6.07) is 8.05. The van der Waals surface area contributed by atoms with Crippen molar-refractivity contribution < 1.29 is 27.4 Å². The summed E-state index contributed by atoms with van der Waals surface area (Å²) in [6.07, 6.45) is -3.89. The topological polar surface area (TPSA) is 54.9 Å². The van der Waals surface area contributed by atoms with Crippen LogP contribution in [0.15, 0.2) is 36.4 Å². The van der Waals surface area contributed by atoms with Gasteiger partial charge < -0.3 is 14.4 Å². The van der Waals surface area contributed by atoms with E-state index < -0.39 is 17.6 Å². The van der Waals surface area contributed by atoms with Crippen molar-refractivity contribution in [3.05, 3.63) is 47.5 Å². The Labute approximate surface area is 187 Å². The van der Waals surface area contributed by atoms with Crippen molar-refractivity contribution in [1.29, 1.82) is 0 Å². The maximum Gasteiger partial charge on any atom is 0.416 e. The number of ether oxygens (including phenoxy) is 2. The number of amides is 1. The van der Waals surface area contributed by atoms with Crippen LogP contribution in [0, 0.1) is 0 Å². The molecule has 2 aromatic carbocycles. The molecule has 0 saturated carbocycles. The molecular weight excluding hydrogens is 443 g/mol. The average molecular weight is 465 g/mol. The van der Waals surface area contributed by atoms with Crippen LogP contribution < -0.4 is 14.4 Å². The van der Waals surface area contributed by atoms with Gasteiger partial charge in [-0.15, -0.1) is 0 Å². The maximum atomic E-state index is 13.3. The molecule has 4 rings (SSSR count). The lowest BCUT2D eigenvalue weighted by molar-refractivity contribution is -0.137. The number of rotatable bonds is 6. The predicted molar refractivity (Wildman–Crippen MR) is 117 cm³/mol. The molecule has 1 aliphatic rings. The lowest BCUT2D eigenvalue weighted by atomic mass is 10.1. The zero-order valence-corrected chi connectivity index (χ0v) is 18.4. The molecule has 0 fully saturated rings. The van der Waals surface area contributed by atoms with Gasteiger partial charge in [0.1, 0.15) is 13.2 Å². The second kappa shape index (κ2) is 8.95. The highest BCUT2D eigenvalue weighted by atomic mass is 32.1. The first-order valence-electron chi connectivity index (χ1n) is 10.1. The van der Waals surface area contributed by atoms with Crippen molar-refractivity contribution in [2.75, 3.05) is 45.3 Å². The molecule has 1 aromatic heterocycles. The van der Waals surface area contributed by atoms with Crippen LogP contribution in [0.25, 0.3) is 10.2 Å². The number of benzene rings is 2. The third-order valence-corrected chi connectivity index (χ3v) is 5.98. The number of aromatic nitrogens is 1. The Hall–Kier alpha value is -2.85. The number of nitrogens with zero attached hydrogens (tertiary/aromatic N) is 3. The van der Waals surface area contributed by atoms with Gasteiger partial charge in [-0.05, 0) is 45.3 Å². The fourth-order valence-corrected chi connectivity index (χ4v) is 4.38. The molecule has 3 aromatic rings. The standard InChI is InChI=1S/C22H22F3N3O3S/c1-27(2)7-4-8-28(20(29)14-5-3-6-15(11-14)22(23,24)25)21-26-16-12-17-18(13-19(16)32-21)31-10-9-30-17/h3,5-6,11-13H,4,7-10H2,1-2H3. The van der Waals surface area contributed by atoms with Crippen molar-refractivity contribution in [2.45, 2.75) is 12.6 Å². The summed E-state index contributed by atoms with van der Waals surface area (Å²) in [7, 11) is 3.84. The zero-order valence-electron chi connectivity index (χ0n) is 17.6. The predicted octanol–water partition coefficient (Wildman–Crippen LogP) is 4.68. The molecule has 0 spiro atoms. The number of alkyl halides is 3. The summed E-state index contributed by atoms with van der Waals surface area (Å²) < 4.78 is 51.5. The monoisotopic (exact) mass is 465 g/mol. The normalized spacial score (nSPS) is 13.6.